The molecule has 0 bridgehead atoms. The Kier molecular flexibility index (Phi) is 3.06. The Hall–Kier alpha value is 0.130. The summed E-state index contributed by atoms with van der Waals surface area (Å²) in [6, 6.07) is 0.592. The Morgan fingerprint density at radius 1 is 1.38 bits per heavy atom. The van der Waals surface area contributed by atoms with Crippen molar-refractivity contribution in [3.63, 3.8) is 0 Å². The van der Waals surface area contributed by atoms with Gasteiger partial charge in [0.1, 0.15) is 4.60 Å². The highest BCUT2D eigenvalue weighted by atomic mass is 79.9. The Morgan fingerprint density at radius 2 is 2.08 bits per heavy atom. The monoisotopic (exact) mass is 307 g/mol. The van der Waals surface area contributed by atoms with E-state index in [4.69, 9.17) is 0 Å². The molecule has 1 aliphatic heterocycles. The molecule has 0 unspecified atom stereocenters. The minimum atomic E-state index is 0.592. The molecule has 3 nitrogen and oxygen atoms in total. The topological polar surface area (TPSA) is 29.9 Å². The quantitative estimate of drug-likeness (QED) is 0.863. The number of nitrogens with one attached hydrogen (secondary N) is 1. The molecule has 1 aromatic heterocycles. The van der Waals surface area contributed by atoms with Crippen molar-refractivity contribution in [1.29, 1.82) is 0 Å². The minimum absolute atomic E-state index is 0.592. The molecule has 1 N–H and O–H groups in total. The molecule has 1 fully saturated rings. The first-order valence-corrected chi connectivity index (χ1v) is 5.96. The van der Waals surface area contributed by atoms with Crippen LogP contribution in [0.25, 0.3) is 0 Å². The predicted molar refractivity (Wildman–Crippen MR) is 58.8 cm³/mol. The van der Waals surface area contributed by atoms with Crippen LogP contribution in [0.15, 0.2) is 15.5 Å². The summed E-state index contributed by atoms with van der Waals surface area (Å²) in [5, 5.41) is 3.35. The molecule has 1 aromatic rings. The minimum Gasteiger partial charge on any atom is -0.321 e. The molecular weight excluding hydrogens is 298 g/mol. The highest BCUT2D eigenvalue weighted by molar-refractivity contribution is 9.11. The molecule has 0 spiro atoms. The smallest absolute Gasteiger partial charge is 0.178 e. The summed E-state index contributed by atoms with van der Waals surface area (Å²) in [6.45, 7) is 2.21. The van der Waals surface area contributed by atoms with Gasteiger partial charge in [0.25, 0.3) is 0 Å². The fraction of sp³-hybridized carbons (Fsp3) is 0.625. The lowest BCUT2D eigenvalue weighted by Gasteiger charge is -2.24. The van der Waals surface area contributed by atoms with Crippen LogP contribution in [0.5, 0.6) is 0 Å². The predicted octanol–water partition coefficient (Wildman–Crippen LogP) is 2.33. The van der Waals surface area contributed by atoms with Crippen molar-refractivity contribution in [3.05, 3.63) is 15.5 Å². The molecule has 1 aliphatic rings. The fourth-order valence-electron chi connectivity index (χ4n) is 1.68. The summed E-state index contributed by atoms with van der Waals surface area (Å²) in [7, 11) is 0. The van der Waals surface area contributed by atoms with E-state index in [-0.39, 0.29) is 0 Å². The third-order valence-electron chi connectivity index (χ3n) is 2.36. The number of halogens is 2. The zero-order chi connectivity index (χ0) is 9.26. The molecule has 13 heavy (non-hydrogen) atoms. The zero-order valence-corrected chi connectivity index (χ0v) is 10.3. The van der Waals surface area contributed by atoms with Crippen LogP contribution in [0.1, 0.15) is 18.9 Å². The first-order valence-electron chi connectivity index (χ1n) is 4.38. The number of aromatic nitrogens is 2. The summed E-state index contributed by atoms with van der Waals surface area (Å²) in [5.74, 6) is 0. The van der Waals surface area contributed by atoms with Gasteiger partial charge in [-0.2, -0.15) is 0 Å². The molecular formula is C8H11Br2N3. The summed E-state index contributed by atoms with van der Waals surface area (Å²) < 4.78 is 4.02. The maximum absolute atomic E-state index is 4.26. The Bertz CT molecular complexity index is 292. The van der Waals surface area contributed by atoms with E-state index in [2.05, 4.69) is 46.7 Å². The van der Waals surface area contributed by atoms with E-state index >= 15 is 0 Å². The third-order valence-corrected chi connectivity index (χ3v) is 3.33. The van der Waals surface area contributed by atoms with Gasteiger partial charge in [-0.3, -0.25) is 0 Å². The standard InChI is InChI=1S/C8H11Br2N3/c9-7-5-13(8(10)12-7)6-1-3-11-4-2-6/h5-6,11H,1-4H2. The van der Waals surface area contributed by atoms with Crippen molar-refractivity contribution in [1.82, 2.24) is 14.9 Å². The van der Waals surface area contributed by atoms with E-state index in [0.29, 0.717) is 6.04 Å². The number of rotatable bonds is 1. The highest BCUT2D eigenvalue weighted by Gasteiger charge is 2.17. The molecule has 0 atom stereocenters. The van der Waals surface area contributed by atoms with E-state index in [1.807, 2.05) is 6.20 Å². The van der Waals surface area contributed by atoms with Crippen LogP contribution in [0.3, 0.4) is 0 Å². The molecule has 72 valence electrons. The van der Waals surface area contributed by atoms with Gasteiger partial charge in [-0.05, 0) is 57.8 Å². The second-order valence-corrected chi connectivity index (χ2v) is 4.74. The van der Waals surface area contributed by atoms with E-state index in [1.165, 1.54) is 12.8 Å². The lowest BCUT2D eigenvalue weighted by atomic mass is 10.1. The van der Waals surface area contributed by atoms with Crippen molar-refractivity contribution in [2.75, 3.05) is 13.1 Å². The van der Waals surface area contributed by atoms with Gasteiger partial charge < -0.3 is 9.88 Å². The second kappa shape index (κ2) is 4.11. The van der Waals surface area contributed by atoms with Gasteiger partial charge >= 0.3 is 0 Å². The van der Waals surface area contributed by atoms with E-state index in [1.54, 1.807) is 0 Å². The van der Waals surface area contributed by atoms with Crippen LogP contribution in [-0.4, -0.2) is 22.6 Å². The summed E-state index contributed by atoms with van der Waals surface area (Å²) in [5.41, 5.74) is 0. The SMILES string of the molecule is Brc1cn(C2CCNCC2)c(Br)n1. The highest BCUT2D eigenvalue weighted by Crippen LogP contribution is 2.25. The number of piperidine rings is 1. The molecule has 5 heteroatoms. The van der Waals surface area contributed by atoms with E-state index in [0.717, 1.165) is 22.4 Å². The second-order valence-electron chi connectivity index (χ2n) is 3.22. The van der Waals surface area contributed by atoms with Gasteiger partial charge in [-0.25, -0.2) is 4.98 Å². The van der Waals surface area contributed by atoms with E-state index in [9.17, 15) is 0 Å². The van der Waals surface area contributed by atoms with Crippen LogP contribution < -0.4 is 5.32 Å². The molecule has 1 saturated heterocycles. The summed E-state index contributed by atoms with van der Waals surface area (Å²) in [4.78, 5) is 4.26. The van der Waals surface area contributed by atoms with E-state index < -0.39 is 0 Å². The molecule has 0 aliphatic carbocycles. The van der Waals surface area contributed by atoms with Crippen LogP contribution in [0, 0.1) is 0 Å². The van der Waals surface area contributed by atoms with Gasteiger partial charge in [-0.1, -0.05) is 0 Å². The zero-order valence-electron chi connectivity index (χ0n) is 7.13. The van der Waals surface area contributed by atoms with Crippen LogP contribution in [0.2, 0.25) is 0 Å². The number of nitrogens with zero attached hydrogens (tertiary/aromatic N) is 2. The molecule has 0 aromatic carbocycles. The summed E-state index contributed by atoms with van der Waals surface area (Å²) in [6.07, 6.45) is 4.41. The summed E-state index contributed by atoms with van der Waals surface area (Å²) >= 11 is 6.83. The fourth-order valence-corrected chi connectivity index (χ4v) is 2.89. The lowest BCUT2D eigenvalue weighted by Crippen LogP contribution is -2.29. The Morgan fingerprint density at radius 3 is 2.62 bits per heavy atom. The largest absolute Gasteiger partial charge is 0.321 e. The first kappa shape index (κ1) is 9.68. The van der Waals surface area contributed by atoms with Crippen molar-refractivity contribution in [3.8, 4) is 0 Å². The average molecular weight is 309 g/mol. The van der Waals surface area contributed by atoms with Crippen molar-refractivity contribution in [2.45, 2.75) is 18.9 Å². The molecule has 2 rings (SSSR count). The normalized spacial score (nSPS) is 19.2. The maximum Gasteiger partial charge on any atom is 0.178 e. The van der Waals surface area contributed by atoms with Gasteiger partial charge in [0.15, 0.2) is 4.73 Å². The molecule has 0 amide bonds. The average Bonchev–Trinajstić information content (AvgIpc) is 2.47. The van der Waals surface area contributed by atoms with Crippen molar-refractivity contribution < 1.29 is 0 Å². The van der Waals surface area contributed by atoms with Crippen molar-refractivity contribution in [2.24, 2.45) is 0 Å². The van der Waals surface area contributed by atoms with Gasteiger partial charge in [0, 0.05) is 12.2 Å². The first-order chi connectivity index (χ1) is 6.27. The molecule has 0 saturated carbocycles. The van der Waals surface area contributed by atoms with Crippen LogP contribution >= 0.6 is 31.9 Å². The van der Waals surface area contributed by atoms with Crippen molar-refractivity contribution >= 4 is 31.9 Å². The number of hydrogen-bond donors (Lipinski definition) is 1. The molecule has 2 heterocycles. The van der Waals surface area contributed by atoms with Crippen LogP contribution in [0.4, 0.5) is 0 Å². The number of imidazole rings is 1. The van der Waals surface area contributed by atoms with Gasteiger partial charge in [0.05, 0.1) is 0 Å². The van der Waals surface area contributed by atoms with Gasteiger partial charge in [-0.15, -0.1) is 0 Å². The van der Waals surface area contributed by atoms with Crippen LogP contribution in [-0.2, 0) is 0 Å². The number of hydrogen-bond acceptors (Lipinski definition) is 2. The molecule has 0 radical (unpaired) electrons. The Labute approximate surface area is 94.2 Å². The third kappa shape index (κ3) is 2.14. The lowest BCUT2D eigenvalue weighted by molar-refractivity contribution is 0.363. The maximum atomic E-state index is 4.26. The van der Waals surface area contributed by atoms with Gasteiger partial charge in [0.2, 0.25) is 0 Å². The Balaban J connectivity index is 2.18.